The number of fused-ring (bicyclic) bond motifs is 3. The number of hydrogen-bond donors (Lipinski definition) is 2. The summed E-state index contributed by atoms with van der Waals surface area (Å²) in [5.41, 5.74) is 1.42. The van der Waals surface area contributed by atoms with Crippen LogP contribution in [0.1, 0.15) is 25.3 Å². The van der Waals surface area contributed by atoms with Crippen molar-refractivity contribution in [3.8, 4) is 0 Å². The minimum atomic E-state index is -0.836. The van der Waals surface area contributed by atoms with E-state index in [1.807, 2.05) is 31.2 Å². The number of carbonyl (C=O) groups excluding carboxylic acids is 1. The van der Waals surface area contributed by atoms with E-state index >= 15 is 0 Å². The summed E-state index contributed by atoms with van der Waals surface area (Å²) in [5.74, 6) is -1.58. The summed E-state index contributed by atoms with van der Waals surface area (Å²) in [6.45, 7) is 3.60. The normalized spacial score (nSPS) is 34.0. The Hall–Kier alpha value is -1.84. The third-order valence-corrected chi connectivity index (χ3v) is 4.70. The summed E-state index contributed by atoms with van der Waals surface area (Å²) in [6, 6.07) is 7.65. The maximum absolute atomic E-state index is 12.0. The Balaban J connectivity index is 2.06. The lowest BCUT2D eigenvalue weighted by molar-refractivity contribution is -0.143. The Bertz CT molecular complexity index is 554. The molecule has 2 N–H and O–H groups in total. The molecule has 4 atom stereocenters. The Kier molecular flexibility index (Phi) is 2.09. The highest BCUT2D eigenvalue weighted by Gasteiger charge is 2.70. The molecule has 2 aliphatic rings. The number of rotatable bonds is 2. The summed E-state index contributed by atoms with van der Waals surface area (Å²) >= 11 is 0. The van der Waals surface area contributed by atoms with E-state index in [1.54, 1.807) is 6.92 Å². The smallest absolute Gasteiger partial charge is 0.306 e. The number of amides is 1. The van der Waals surface area contributed by atoms with E-state index in [-0.39, 0.29) is 17.7 Å². The van der Waals surface area contributed by atoms with Gasteiger partial charge in [-0.15, -0.1) is 0 Å². The summed E-state index contributed by atoms with van der Waals surface area (Å²) in [6.07, 6.45) is 0. The Morgan fingerprint density at radius 1 is 1.39 bits per heavy atom. The average molecular weight is 245 g/mol. The van der Waals surface area contributed by atoms with Gasteiger partial charge in [-0.3, -0.25) is 9.59 Å². The highest BCUT2D eigenvalue weighted by Crippen LogP contribution is 2.71. The first-order chi connectivity index (χ1) is 8.48. The van der Waals surface area contributed by atoms with Gasteiger partial charge in [-0.2, -0.15) is 0 Å². The zero-order valence-electron chi connectivity index (χ0n) is 10.3. The molecule has 3 unspecified atom stereocenters. The van der Waals surface area contributed by atoms with Crippen molar-refractivity contribution >= 4 is 17.6 Å². The molecule has 4 nitrogen and oxygen atoms in total. The van der Waals surface area contributed by atoms with Crippen molar-refractivity contribution in [1.29, 1.82) is 0 Å². The van der Waals surface area contributed by atoms with Gasteiger partial charge in [0.25, 0.3) is 0 Å². The molecule has 3 rings (SSSR count). The van der Waals surface area contributed by atoms with Gasteiger partial charge in [0.05, 0.1) is 11.8 Å². The van der Waals surface area contributed by atoms with Crippen LogP contribution in [0.4, 0.5) is 5.69 Å². The minimum absolute atomic E-state index is 0.0357. The molecule has 0 radical (unpaired) electrons. The van der Waals surface area contributed by atoms with Crippen molar-refractivity contribution < 1.29 is 14.7 Å². The van der Waals surface area contributed by atoms with Crippen molar-refractivity contribution in [1.82, 2.24) is 0 Å². The van der Waals surface area contributed by atoms with E-state index in [1.165, 1.54) is 0 Å². The van der Waals surface area contributed by atoms with Crippen LogP contribution in [-0.4, -0.2) is 17.0 Å². The molecule has 1 amide bonds. The largest absolute Gasteiger partial charge is 0.481 e. The number of nitrogens with one attached hydrogen (secondary N) is 1. The molecule has 94 valence electrons. The van der Waals surface area contributed by atoms with Crippen molar-refractivity contribution in [3.63, 3.8) is 0 Å². The molecule has 1 aromatic rings. The minimum Gasteiger partial charge on any atom is -0.481 e. The van der Waals surface area contributed by atoms with Gasteiger partial charge in [-0.1, -0.05) is 32.0 Å². The number of hydrogen-bond acceptors (Lipinski definition) is 2. The van der Waals surface area contributed by atoms with Gasteiger partial charge in [-0.25, -0.2) is 0 Å². The van der Waals surface area contributed by atoms with Crippen LogP contribution in [0, 0.1) is 17.3 Å². The number of aliphatic carboxylic acids is 1. The topological polar surface area (TPSA) is 66.4 Å². The number of benzene rings is 1. The fraction of sp³-hybridized carbons (Fsp3) is 0.429. The van der Waals surface area contributed by atoms with Gasteiger partial charge in [0.1, 0.15) is 0 Å². The summed E-state index contributed by atoms with van der Waals surface area (Å²) in [5, 5.41) is 12.1. The molecule has 0 bridgehead atoms. The van der Waals surface area contributed by atoms with E-state index < -0.39 is 17.3 Å². The van der Waals surface area contributed by atoms with Crippen LogP contribution >= 0.6 is 0 Å². The fourth-order valence-corrected chi connectivity index (χ4v) is 3.38. The van der Waals surface area contributed by atoms with Crippen molar-refractivity contribution in [3.05, 3.63) is 29.8 Å². The number of anilines is 1. The van der Waals surface area contributed by atoms with Gasteiger partial charge in [0, 0.05) is 17.0 Å². The van der Waals surface area contributed by atoms with Gasteiger partial charge in [-0.05, 0) is 11.6 Å². The maximum atomic E-state index is 12.0. The second kappa shape index (κ2) is 3.34. The molecular formula is C14H15NO3. The highest BCUT2D eigenvalue weighted by atomic mass is 16.4. The monoisotopic (exact) mass is 245 g/mol. The molecular weight excluding hydrogens is 230 g/mol. The zero-order valence-corrected chi connectivity index (χ0v) is 10.3. The third kappa shape index (κ3) is 1.20. The molecule has 4 heteroatoms. The second-order valence-electron chi connectivity index (χ2n) is 5.46. The second-order valence-corrected chi connectivity index (χ2v) is 5.46. The van der Waals surface area contributed by atoms with Crippen molar-refractivity contribution in [2.45, 2.75) is 19.8 Å². The van der Waals surface area contributed by atoms with Gasteiger partial charge in [0.15, 0.2) is 0 Å². The van der Waals surface area contributed by atoms with Crippen LogP contribution in [0.25, 0.3) is 0 Å². The number of carboxylic acids is 1. The molecule has 1 fully saturated rings. The third-order valence-electron chi connectivity index (χ3n) is 4.70. The molecule has 18 heavy (non-hydrogen) atoms. The first-order valence-corrected chi connectivity index (χ1v) is 6.10. The van der Waals surface area contributed by atoms with E-state index in [0.29, 0.717) is 0 Å². The molecule has 0 spiro atoms. The molecule has 1 aliphatic carbocycles. The summed E-state index contributed by atoms with van der Waals surface area (Å²) < 4.78 is 0. The SMILES string of the molecule is CC(C(=O)O)C1(C)C2c3ccccc3NC(=O)[C@@H]21. The fourth-order valence-electron chi connectivity index (χ4n) is 3.38. The number of carboxylic acid groups (broad SMARTS) is 1. The summed E-state index contributed by atoms with van der Waals surface area (Å²) in [4.78, 5) is 23.3. The molecule has 1 aliphatic heterocycles. The molecule has 1 saturated carbocycles. The standard InChI is InChI=1S/C14H15NO3/c1-7(13(17)18)14(2)10-8-5-3-4-6-9(8)15-12(16)11(10)14/h3-7,10-11H,1-2H3,(H,15,16)(H,17,18)/t7?,10?,11-,14?/m1/s1. The number of carbonyl (C=O) groups is 2. The molecule has 1 heterocycles. The first-order valence-electron chi connectivity index (χ1n) is 6.10. The lowest BCUT2D eigenvalue weighted by Gasteiger charge is -2.16. The average Bonchev–Trinajstić information content (AvgIpc) is 2.98. The van der Waals surface area contributed by atoms with Gasteiger partial charge >= 0.3 is 5.97 Å². The Morgan fingerprint density at radius 2 is 2.06 bits per heavy atom. The van der Waals surface area contributed by atoms with E-state index in [9.17, 15) is 14.7 Å². The molecule has 0 aromatic heterocycles. The lowest BCUT2D eigenvalue weighted by atomic mass is 9.87. The van der Waals surface area contributed by atoms with Crippen molar-refractivity contribution in [2.24, 2.45) is 17.3 Å². The van der Waals surface area contributed by atoms with Crippen LogP contribution < -0.4 is 5.32 Å². The Labute approximate surface area is 105 Å². The first kappa shape index (κ1) is 11.3. The van der Waals surface area contributed by atoms with E-state index in [4.69, 9.17) is 0 Å². The van der Waals surface area contributed by atoms with Crippen LogP contribution in [-0.2, 0) is 9.59 Å². The Morgan fingerprint density at radius 3 is 2.72 bits per heavy atom. The maximum Gasteiger partial charge on any atom is 0.306 e. The predicted molar refractivity (Wildman–Crippen MR) is 66.2 cm³/mol. The number of para-hydroxylation sites is 1. The zero-order chi connectivity index (χ0) is 13.1. The van der Waals surface area contributed by atoms with Crippen molar-refractivity contribution in [2.75, 3.05) is 5.32 Å². The van der Waals surface area contributed by atoms with Crippen LogP contribution in [0.2, 0.25) is 0 Å². The van der Waals surface area contributed by atoms with E-state index in [2.05, 4.69) is 5.32 Å². The summed E-state index contributed by atoms with van der Waals surface area (Å²) in [7, 11) is 0. The van der Waals surface area contributed by atoms with Gasteiger partial charge < -0.3 is 10.4 Å². The quantitative estimate of drug-likeness (QED) is 0.838. The molecule has 0 saturated heterocycles. The molecule has 1 aromatic carbocycles. The highest BCUT2D eigenvalue weighted by molar-refractivity contribution is 6.01. The van der Waals surface area contributed by atoms with Crippen LogP contribution in [0.15, 0.2) is 24.3 Å². The van der Waals surface area contributed by atoms with Gasteiger partial charge in [0.2, 0.25) is 5.91 Å². The van der Waals surface area contributed by atoms with Crippen LogP contribution in [0.3, 0.4) is 0 Å². The van der Waals surface area contributed by atoms with E-state index in [0.717, 1.165) is 11.3 Å². The lowest BCUT2D eigenvalue weighted by Crippen LogP contribution is -2.25. The van der Waals surface area contributed by atoms with Crippen LogP contribution in [0.5, 0.6) is 0 Å². The predicted octanol–water partition coefficient (Wildman–Crippen LogP) is 2.08.